The molecule has 0 atom stereocenters. The van der Waals surface area contributed by atoms with Crippen LogP contribution in [0.25, 0.3) is 0 Å². The Kier molecular flexibility index (Phi) is 3.55. The van der Waals surface area contributed by atoms with Crippen LogP contribution < -0.4 is 5.73 Å². The largest absolute Gasteiger partial charge is 0.392 e. The fraction of sp³-hybridized carbons (Fsp3) is 0.500. The summed E-state index contributed by atoms with van der Waals surface area (Å²) in [4.78, 5) is 0. The van der Waals surface area contributed by atoms with Crippen molar-refractivity contribution in [3.63, 3.8) is 0 Å². The van der Waals surface area contributed by atoms with Crippen molar-refractivity contribution in [2.24, 2.45) is 5.73 Å². The van der Waals surface area contributed by atoms with E-state index in [-0.39, 0.29) is 18.7 Å². The van der Waals surface area contributed by atoms with Gasteiger partial charge in [-0.1, -0.05) is 0 Å². The summed E-state index contributed by atoms with van der Waals surface area (Å²) in [6.07, 6.45) is 0.319. The number of hydrogen-bond donors (Lipinski definition) is 2. The Morgan fingerprint density at radius 2 is 2.43 bits per heavy atom. The van der Waals surface area contributed by atoms with Gasteiger partial charge in [-0.15, -0.1) is 0 Å². The average molecular weight is 105 g/mol. The maximum atomic E-state index is 11.3. The minimum atomic E-state index is -0.285. The predicted octanol–water partition coefficient (Wildman–Crippen LogP) is -0.209. The highest BCUT2D eigenvalue weighted by atomic mass is 19.1. The van der Waals surface area contributed by atoms with Gasteiger partial charge in [0.2, 0.25) is 0 Å². The quantitative estimate of drug-likeness (QED) is 0.510. The molecule has 0 aliphatic rings. The lowest BCUT2D eigenvalue weighted by molar-refractivity contribution is 0.327. The van der Waals surface area contributed by atoms with Gasteiger partial charge >= 0.3 is 0 Å². The number of aliphatic hydroxyl groups is 1. The SMILES string of the molecule is NC/C(=C\F)CO. The first-order valence-corrected chi connectivity index (χ1v) is 1.94. The molecular formula is C4H8FNO. The van der Waals surface area contributed by atoms with Gasteiger partial charge in [-0.05, 0) is 5.57 Å². The van der Waals surface area contributed by atoms with Crippen molar-refractivity contribution in [3.8, 4) is 0 Å². The van der Waals surface area contributed by atoms with Gasteiger partial charge in [-0.25, -0.2) is 4.39 Å². The summed E-state index contributed by atoms with van der Waals surface area (Å²) in [6, 6.07) is 0. The second kappa shape index (κ2) is 3.77. The molecule has 42 valence electrons. The summed E-state index contributed by atoms with van der Waals surface area (Å²) in [6.45, 7) is -0.194. The van der Waals surface area contributed by atoms with Crippen molar-refractivity contribution < 1.29 is 9.50 Å². The van der Waals surface area contributed by atoms with Gasteiger partial charge in [0.05, 0.1) is 12.9 Å². The molecule has 0 aromatic carbocycles. The molecule has 2 nitrogen and oxygen atoms in total. The fourth-order valence-corrected chi connectivity index (χ4v) is 0.144. The van der Waals surface area contributed by atoms with Gasteiger partial charge in [0.15, 0.2) is 0 Å². The Balaban J connectivity index is 3.38. The van der Waals surface area contributed by atoms with E-state index < -0.39 is 0 Å². The molecule has 0 heterocycles. The molecule has 0 saturated carbocycles. The molecule has 7 heavy (non-hydrogen) atoms. The lowest BCUT2D eigenvalue weighted by atomic mass is 10.3. The van der Waals surface area contributed by atoms with Crippen molar-refractivity contribution in [3.05, 3.63) is 11.9 Å². The summed E-state index contributed by atoms with van der Waals surface area (Å²) in [7, 11) is 0. The van der Waals surface area contributed by atoms with Crippen LogP contribution in [0.15, 0.2) is 11.9 Å². The molecule has 0 unspecified atom stereocenters. The lowest BCUT2D eigenvalue weighted by Gasteiger charge is -1.90. The smallest absolute Gasteiger partial charge is 0.0894 e. The summed E-state index contributed by atoms with van der Waals surface area (Å²) in [5.74, 6) is 0. The lowest BCUT2D eigenvalue weighted by Crippen LogP contribution is -2.05. The summed E-state index contributed by atoms with van der Waals surface area (Å²) < 4.78 is 11.3. The molecule has 3 N–H and O–H groups in total. The fourth-order valence-electron chi connectivity index (χ4n) is 0.144. The highest BCUT2D eigenvalue weighted by molar-refractivity contribution is 4.98. The number of aliphatic hydroxyl groups excluding tert-OH is 1. The van der Waals surface area contributed by atoms with E-state index in [1.165, 1.54) is 0 Å². The van der Waals surface area contributed by atoms with Gasteiger partial charge in [-0.2, -0.15) is 0 Å². The van der Waals surface area contributed by atoms with E-state index in [0.717, 1.165) is 0 Å². The van der Waals surface area contributed by atoms with E-state index in [1.807, 2.05) is 0 Å². The van der Waals surface area contributed by atoms with Crippen molar-refractivity contribution in [2.45, 2.75) is 0 Å². The number of halogens is 1. The van der Waals surface area contributed by atoms with Crippen molar-refractivity contribution in [1.29, 1.82) is 0 Å². The highest BCUT2D eigenvalue weighted by Crippen LogP contribution is 1.86. The summed E-state index contributed by atoms with van der Waals surface area (Å²) in [5.41, 5.74) is 5.15. The van der Waals surface area contributed by atoms with Gasteiger partial charge in [0.1, 0.15) is 0 Å². The van der Waals surface area contributed by atoms with Crippen LogP contribution in [-0.2, 0) is 0 Å². The zero-order chi connectivity index (χ0) is 5.70. The van der Waals surface area contributed by atoms with Crippen molar-refractivity contribution in [1.82, 2.24) is 0 Å². The van der Waals surface area contributed by atoms with Crippen LogP contribution in [0.1, 0.15) is 0 Å². The standard InChI is InChI=1S/C4H8FNO/c5-1-4(2-6)3-7/h1,7H,2-3,6H2/b4-1+. The average Bonchev–Trinajstić information content (AvgIpc) is 1.72. The van der Waals surface area contributed by atoms with Gasteiger partial charge < -0.3 is 10.8 Å². The zero-order valence-electron chi connectivity index (χ0n) is 3.89. The second-order valence-corrected chi connectivity index (χ2v) is 1.13. The normalized spacial score (nSPS) is 12.1. The minimum Gasteiger partial charge on any atom is -0.392 e. The molecule has 3 heteroatoms. The Bertz CT molecular complexity index is 66.1. The van der Waals surface area contributed by atoms with E-state index in [0.29, 0.717) is 6.33 Å². The van der Waals surface area contributed by atoms with E-state index in [2.05, 4.69) is 0 Å². The van der Waals surface area contributed by atoms with Crippen molar-refractivity contribution >= 4 is 0 Å². The summed E-state index contributed by atoms with van der Waals surface area (Å²) in [5, 5.41) is 8.14. The molecular weight excluding hydrogens is 97.0 g/mol. The molecule has 0 bridgehead atoms. The van der Waals surface area contributed by atoms with Crippen LogP contribution >= 0.6 is 0 Å². The molecule has 0 saturated heterocycles. The van der Waals surface area contributed by atoms with E-state index >= 15 is 0 Å². The molecule has 0 aliphatic carbocycles. The van der Waals surface area contributed by atoms with Crippen LogP contribution in [0, 0.1) is 0 Å². The highest BCUT2D eigenvalue weighted by Gasteiger charge is 1.86. The molecule has 0 radical (unpaired) electrons. The Hall–Kier alpha value is -0.410. The van der Waals surface area contributed by atoms with E-state index in [4.69, 9.17) is 10.8 Å². The molecule has 0 spiro atoms. The van der Waals surface area contributed by atoms with Crippen LogP contribution in [0.3, 0.4) is 0 Å². The third kappa shape index (κ3) is 2.31. The third-order valence-electron chi connectivity index (χ3n) is 0.620. The van der Waals surface area contributed by atoms with E-state index in [9.17, 15) is 4.39 Å². The Morgan fingerprint density at radius 1 is 1.86 bits per heavy atom. The van der Waals surface area contributed by atoms with Gasteiger partial charge in [-0.3, -0.25) is 0 Å². The maximum Gasteiger partial charge on any atom is 0.0894 e. The topological polar surface area (TPSA) is 46.2 Å². The monoisotopic (exact) mass is 105 g/mol. The minimum absolute atomic E-state index is 0.0903. The number of rotatable bonds is 2. The van der Waals surface area contributed by atoms with Gasteiger partial charge in [0.25, 0.3) is 0 Å². The first-order valence-electron chi connectivity index (χ1n) is 1.94. The molecule has 0 aromatic heterocycles. The maximum absolute atomic E-state index is 11.3. The first-order chi connectivity index (χ1) is 3.35. The van der Waals surface area contributed by atoms with Crippen LogP contribution in [-0.4, -0.2) is 18.3 Å². The molecule has 0 amide bonds. The Morgan fingerprint density at radius 3 is 2.43 bits per heavy atom. The van der Waals surface area contributed by atoms with Crippen LogP contribution in [0.2, 0.25) is 0 Å². The van der Waals surface area contributed by atoms with Gasteiger partial charge in [0, 0.05) is 6.54 Å². The number of hydrogen-bond acceptors (Lipinski definition) is 2. The summed E-state index contributed by atoms with van der Waals surface area (Å²) >= 11 is 0. The van der Waals surface area contributed by atoms with Crippen molar-refractivity contribution in [2.75, 3.05) is 13.2 Å². The Labute approximate surface area is 41.4 Å². The third-order valence-corrected chi connectivity index (χ3v) is 0.620. The molecule has 0 rings (SSSR count). The number of nitrogens with two attached hydrogens (primary N) is 1. The predicted molar refractivity (Wildman–Crippen MR) is 25.3 cm³/mol. The second-order valence-electron chi connectivity index (χ2n) is 1.13. The molecule has 0 fully saturated rings. The van der Waals surface area contributed by atoms with Crippen LogP contribution in [0.5, 0.6) is 0 Å². The first kappa shape index (κ1) is 6.59. The van der Waals surface area contributed by atoms with E-state index in [1.54, 1.807) is 0 Å². The zero-order valence-corrected chi connectivity index (χ0v) is 3.89. The molecule has 0 aliphatic heterocycles. The molecule has 0 aromatic rings. The van der Waals surface area contributed by atoms with Crippen LogP contribution in [0.4, 0.5) is 4.39 Å².